The minimum Gasteiger partial charge on any atom is -0.383 e. The van der Waals surface area contributed by atoms with Crippen LogP contribution in [0.2, 0.25) is 0 Å². The lowest BCUT2D eigenvalue weighted by Crippen LogP contribution is -2.46. The standard InChI is InChI=1S/C15H30N2O/c1-18-13-14(5-4-10-16)17-11-8-15(9-12-17)6-2-3-7-15/h14H,2-13,16H2,1H3. The Morgan fingerprint density at radius 2 is 1.83 bits per heavy atom. The summed E-state index contributed by atoms with van der Waals surface area (Å²) in [6.45, 7) is 4.22. The van der Waals surface area contributed by atoms with Crippen LogP contribution < -0.4 is 5.73 Å². The first kappa shape index (κ1) is 14.3. The number of piperidine rings is 1. The summed E-state index contributed by atoms with van der Waals surface area (Å²) in [5.74, 6) is 0. The summed E-state index contributed by atoms with van der Waals surface area (Å²) < 4.78 is 5.39. The van der Waals surface area contributed by atoms with Gasteiger partial charge >= 0.3 is 0 Å². The van der Waals surface area contributed by atoms with Gasteiger partial charge < -0.3 is 10.5 Å². The number of rotatable bonds is 6. The molecule has 2 fully saturated rings. The monoisotopic (exact) mass is 254 g/mol. The summed E-state index contributed by atoms with van der Waals surface area (Å²) in [6, 6.07) is 0.595. The highest BCUT2D eigenvalue weighted by Crippen LogP contribution is 2.46. The van der Waals surface area contributed by atoms with E-state index in [9.17, 15) is 0 Å². The summed E-state index contributed by atoms with van der Waals surface area (Å²) in [4.78, 5) is 2.66. The molecular formula is C15H30N2O. The van der Waals surface area contributed by atoms with Gasteiger partial charge in [-0.05, 0) is 63.6 Å². The first-order chi connectivity index (χ1) is 8.79. The minimum absolute atomic E-state index is 0.595. The number of hydrogen-bond donors (Lipinski definition) is 1. The van der Waals surface area contributed by atoms with Crippen LogP contribution in [0.25, 0.3) is 0 Å². The van der Waals surface area contributed by atoms with Crippen molar-refractivity contribution >= 4 is 0 Å². The molecule has 3 nitrogen and oxygen atoms in total. The lowest BCUT2D eigenvalue weighted by molar-refractivity contribution is 0.0335. The van der Waals surface area contributed by atoms with E-state index in [0.717, 1.165) is 25.0 Å². The Hall–Kier alpha value is -0.120. The third-order valence-corrected chi connectivity index (χ3v) is 5.14. The Kier molecular flexibility index (Phi) is 5.46. The van der Waals surface area contributed by atoms with E-state index in [1.54, 1.807) is 0 Å². The second kappa shape index (κ2) is 6.88. The van der Waals surface area contributed by atoms with E-state index < -0.39 is 0 Å². The Morgan fingerprint density at radius 3 is 2.39 bits per heavy atom. The molecule has 1 heterocycles. The van der Waals surface area contributed by atoms with Crippen molar-refractivity contribution in [2.24, 2.45) is 11.1 Å². The van der Waals surface area contributed by atoms with Gasteiger partial charge in [0.05, 0.1) is 6.61 Å². The Bertz CT molecular complexity index is 229. The molecule has 1 saturated carbocycles. The van der Waals surface area contributed by atoms with E-state index in [-0.39, 0.29) is 0 Å². The van der Waals surface area contributed by atoms with Crippen LogP contribution in [0, 0.1) is 5.41 Å². The number of ether oxygens (including phenoxy) is 1. The topological polar surface area (TPSA) is 38.5 Å². The van der Waals surface area contributed by atoms with Gasteiger partial charge in [-0.25, -0.2) is 0 Å². The van der Waals surface area contributed by atoms with Crippen LogP contribution in [0.1, 0.15) is 51.4 Å². The van der Waals surface area contributed by atoms with Gasteiger partial charge in [0.2, 0.25) is 0 Å². The van der Waals surface area contributed by atoms with E-state index >= 15 is 0 Å². The van der Waals surface area contributed by atoms with Crippen molar-refractivity contribution in [2.75, 3.05) is 33.4 Å². The number of hydrogen-bond acceptors (Lipinski definition) is 3. The molecule has 2 rings (SSSR count). The molecule has 1 unspecified atom stereocenters. The first-order valence-electron chi connectivity index (χ1n) is 7.73. The van der Waals surface area contributed by atoms with Crippen molar-refractivity contribution in [1.82, 2.24) is 4.90 Å². The molecular weight excluding hydrogens is 224 g/mol. The highest BCUT2D eigenvalue weighted by molar-refractivity contribution is 4.91. The maximum atomic E-state index is 5.64. The van der Waals surface area contributed by atoms with Gasteiger partial charge in [0.25, 0.3) is 0 Å². The quantitative estimate of drug-likeness (QED) is 0.791. The maximum Gasteiger partial charge on any atom is 0.0618 e. The molecule has 3 heteroatoms. The van der Waals surface area contributed by atoms with Crippen molar-refractivity contribution in [3.8, 4) is 0 Å². The second-order valence-electron chi connectivity index (χ2n) is 6.28. The van der Waals surface area contributed by atoms with Crippen LogP contribution in [-0.2, 0) is 4.74 Å². The molecule has 106 valence electrons. The normalized spacial score (nSPS) is 25.7. The van der Waals surface area contributed by atoms with Crippen molar-refractivity contribution in [1.29, 1.82) is 0 Å². The van der Waals surface area contributed by atoms with E-state index in [1.807, 2.05) is 7.11 Å². The van der Waals surface area contributed by atoms with Gasteiger partial charge in [0.1, 0.15) is 0 Å². The zero-order chi connectivity index (χ0) is 12.8. The van der Waals surface area contributed by atoms with Crippen LogP contribution in [0.15, 0.2) is 0 Å². The SMILES string of the molecule is COCC(CCCN)N1CCC2(CCCC2)CC1. The first-order valence-corrected chi connectivity index (χ1v) is 7.73. The lowest BCUT2D eigenvalue weighted by Gasteiger charge is -2.42. The van der Waals surface area contributed by atoms with Crippen LogP contribution in [-0.4, -0.2) is 44.3 Å². The fraction of sp³-hybridized carbons (Fsp3) is 1.00. The molecule has 2 aliphatic rings. The van der Waals surface area contributed by atoms with E-state index in [4.69, 9.17) is 10.5 Å². The molecule has 0 bridgehead atoms. The largest absolute Gasteiger partial charge is 0.383 e. The number of nitrogens with two attached hydrogens (primary N) is 1. The third kappa shape index (κ3) is 3.46. The molecule has 2 N–H and O–H groups in total. The van der Waals surface area contributed by atoms with Gasteiger partial charge in [0, 0.05) is 13.2 Å². The zero-order valence-electron chi connectivity index (χ0n) is 12.0. The molecule has 1 aliphatic heterocycles. The van der Waals surface area contributed by atoms with Crippen molar-refractivity contribution < 1.29 is 4.74 Å². The Balaban J connectivity index is 1.81. The predicted octanol–water partition coefficient (Wildman–Crippen LogP) is 2.40. The molecule has 0 aromatic heterocycles. The summed E-state index contributed by atoms with van der Waals surface area (Å²) in [7, 11) is 1.82. The molecule has 18 heavy (non-hydrogen) atoms. The van der Waals surface area contributed by atoms with Crippen LogP contribution in [0.5, 0.6) is 0 Å². The van der Waals surface area contributed by atoms with Gasteiger partial charge in [-0.15, -0.1) is 0 Å². The number of methoxy groups -OCH3 is 1. The van der Waals surface area contributed by atoms with Crippen LogP contribution >= 0.6 is 0 Å². The second-order valence-corrected chi connectivity index (χ2v) is 6.28. The smallest absolute Gasteiger partial charge is 0.0618 e. The van der Waals surface area contributed by atoms with E-state index in [0.29, 0.717) is 6.04 Å². The Morgan fingerprint density at radius 1 is 1.17 bits per heavy atom. The molecule has 0 amide bonds. The fourth-order valence-corrected chi connectivity index (χ4v) is 3.91. The molecule has 1 atom stereocenters. The van der Waals surface area contributed by atoms with Gasteiger partial charge in [-0.1, -0.05) is 12.8 Å². The summed E-state index contributed by atoms with van der Waals surface area (Å²) in [5, 5.41) is 0. The fourth-order valence-electron chi connectivity index (χ4n) is 3.91. The van der Waals surface area contributed by atoms with Crippen molar-refractivity contribution in [3.05, 3.63) is 0 Å². The predicted molar refractivity (Wildman–Crippen MR) is 75.7 cm³/mol. The van der Waals surface area contributed by atoms with Gasteiger partial charge in [0.15, 0.2) is 0 Å². The highest BCUT2D eigenvalue weighted by atomic mass is 16.5. The van der Waals surface area contributed by atoms with Crippen LogP contribution in [0.3, 0.4) is 0 Å². The van der Waals surface area contributed by atoms with Crippen molar-refractivity contribution in [2.45, 2.75) is 57.4 Å². The molecule has 0 aromatic rings. The average molecular weight is 254 g/mol. The molecule has 0 radical (unpaired) electrons. The Labute approximate surface area is 112 Å². The van der Waals surface area contributed by atoms with Crippen LogP contribution in [0.4, 0.5) is 0 Å². The highest BCUT2D eigenvalue weighted by Gasteiger charge is 2.38. The average Bonchev–Trinajstić information content (AvgIpc) is 2.84. The lowest BCUT2D eigenvalue weighted by atomic mass is 9.76. The molecule has 1 aliphatic carbocycles. The molecule has 1 spiro atoms. The summed E-state index contributed by atoms with van der Waals surface area (Å²) in [5.41, 5.74) is 6.36. The zero-order valence-corrected chi connectivity index (χ0v) is 12.0. The molecule has 0 aromatic carbocycles. The molecule has 1 saturated heterocycles. The minimum atomic E-state index is 0.595. The van der Waals surface area contributed by atoms with E-state index in [1.165, 1.54) is 58.0 Å². The number of nitrogens with zero attached hydrogens (tertiary/aromatic N) is 1. The summed E-state index contributed by atoms with van der Waals surface area (Å²) in [6.07, 6.45) is 11.0. The van der Waals surface area contributed by atoms with Gasteiger partial charge in [-0.2, -0.15) is 0 Å². The van der Waals surface area contributed by atoms with E-state index in [2.05, 4.69) is 4.90 Å². The number of likely N-dealkylation sites (tertiary alicyclic amines) is 1. The summed E-state index contributed by atoms with van der Waals surface area (Å²) >= 11 is 0. The van der Waals surface area contributed by atoms with Gasteiger partial charge in [-0.3, -0.25) is 4.90 Å². The maximum absolute atomic E-state index is 5.64. The third-order valence-electron chi connectivity index (χ3n) is 5.14. The van der Waals surface area contributed by atoms with Crippen molar-refractivity contribution in [3.63, 3.8) is 0 Å².